The van der Waals surface area contributed by atoms with Gasteiger partial charge in [0, 0.05) is 6.42 Å². The van der Waals surface area contributed by atoms with Crippen molar-refractivity contribution >= 4 is 5.78 Å². The highest BCUT2D eigenvalue weighted by Crippen LogP contribution is 2.27. The molecule has 17 heavy (non-hydrogen) atoms. The number of nitrogens with zero attached hydrogens (tertiary/aromatic N) is 2. The van der Waals surface area contributed by atoms with Gasteiger partial charge >= 0.3 is 12.1 Å². The van der Waals surface area contributed by atoms with Crippen LogP contribution < -0.4 is 0 Å². The van der Waals surface area contributed by atoms with Crippen LogP contribution in [0.5, 0.6) is 0 Å². The molecule has 1 aliphatic rings. The van der Waals surface area contributed by atoms with Crippen LogP contribution in [0.4, 0.5) is 13.2 Å². The van der Waals surface area contributed by atoms with Crippen LogP contribution >= 0.6 is 0 Å². The minimum atomic E-state index is -4.65. The molecule has 1 aromatic rings. The number of halogens is 3. The molecule has 0 bridgehead atoms. The van der Waals surface area contributed by atoms with Gasteiger partial charge in [-0.1, -0.05) is 17.3 Å². The smallest absolute Gasteiger partial charge is 0.329 e. The Morgan fingerprint density at radius 1 is 1.35 bits per heavy atom. The first-order chi connectivity index (χ1) is 7.95. The summed E-state index contributed by atoms with van der Waals surface area (Å²) in [5.41, 5.74) is 0.534. The largest absolute Gasteiger partial charge is 0.471 e. The van der Waals surface area contributed by atoms with Crippen LogP contribution in [0, 0.1) is 6.42 Å². The number of carbonyl (C=O) groups is 1. The summed E-state index contributed by atoms with van der Waals surface area (Å²) in [6.07, 6.45) is 1.15. The molecule has 1 aliphatic carbocycles. The number of carbonyl (C=O) groups excluding carboxylic acids is 1. The van der Waals surface area contributed by atoms with E-state index in [1.54, 1.807) is 6.08 Å². The third-order valence-corrected chi connectivity index (χ3v) is 1.97. The van der Waals surface area contributed by atoms with Crippen molar-refractivity contribution in [2.24, 2.45) is 0 Å². The first kappa shape index (κ1) is 11.6. The molecule has 2 rings (SSSR count). The number of hydrogen-bond acceptors (Lipinski definition) is 4. The highest BCUT2D eigenvalue weighted by Gasteiger charge is 2.38. The van der Waals surface area contributed by atoms with E-state index in [1.807, 2.05) is 0 Å². The van der Waals surface area contributed by atoms with E-state index in [0.29, 0.717) is 5.57 Å². The second-order valence-corrected chi connectivity index (χ2v) is 3.34. The van der Waals surface area contributed by atoms with E-state index in [-0.39, 0.29) is 18.0 Å². The normalized spacial score (nSPS) is 16.2. The Labute approximate surface area is 93.8 Å². The molecule has 0 amide bonds. The summed E-state index contributed by atoms with van der Waals surface area (Å²) in [5.74, 6) is -1.71. The maximum absolute atomic E-state index is 12.2. The molecule has 1 heterocycles. The van der Waals surface area contributed by atoms with Crippen molar-refractivity contribution < 1.29 is 22.5 Å². The lowest BCUT2D eigenvalue weighted by Gasteiger charge is -2.02. The molecule has 0 N–H and O–H groups in total. The van der Waals surface area contributed by atoms with Crippen molar-refractivity contribution in [2.75, 3.05) is 0 Å². The van der Waals surface area contributed by atoms with Gasteiger partial charge in [-0.05, 0) is 11.6 Å². The quantitative estimate of drug-likeness (QED) is 0.796. The molecule has 4 nitrogen and oxygen atoms in total. The Balaban J connectivity index is 2.12. The second-order valence-electron chi connectivity index (χ2n) is 3.34. The van der Waals surface area contributed by atoms with Crippen molar-refractivity contribution in [3.05, 3.63) is 41.9 Å². The SMILES string of the molecule is O=C1[CH]C=CC(Cc2noc(C(F)(F)F)n2)=C1. The Kier molecular flexibility index (Phi) is 2.83. The lowest BCUT2D eigenvalue weighted by atomic mass is 10.0. The van der Waals surface area contributed by atoms with Gasteiger partial charge in [-0.2, -0.15) is 18.2 Å². The Hall–Kier alpha value is -1.92. The standard InChI is InChI=1S/C10H6F3N2O2/c11-10(12,13)9-14-8(15-17-9)5-6-2-1-3-7(16)4-6/h1-4H,5H2. The van der Waals surface area contributed by atoms with E-state index in [4.69, 9.17) is 0 Å². The lowest BCUT2D eigenvalue weighted by Crippen LogP contribution is -2.06. The number of allylic oxidation sites excluding steroid dienone is 4. The van der Waals surface area contributed by atoms with E-state index < -0.39 is 12.1 Å². The number of aromatic nitrogens is 2. The van der Waals surface area contributed by atoms with Crippen LogP contribution in [0.15, 0.2) is 28.3 Å². The first-order valence-electron chi connectivity index (χ1n) is 4.61. The van der Waals surface area contributed by atoms with Gasteiger partial charge in [0.25, 0.3) is 0 Å². The summed E-state index contributed by atoms with van der Waals surface area (Å²) >= 11 is 0. The van der Waals surface area contributed by atoms with Gasteiger partial charge in [0.05, 0.1) is 6.42 Å². The van der Waals surface area contributed by atoms with Crippen molar-refractivity contribution in [2.45, 2.75) is 12.6 Å². The predicted octanol–water partition coefficient (Wildman–Crippen LogP) is 1.90. The number of rotatable bonds is 2. The average Bonchev–Trinajstić information content (AvgIpc) is 2.65. The third kappa shape index (κ3) is 2.80. The molecule has 0 saturated heterocycles. The van der Waals surface area contributed by atoms with Gasteiger partial charge in [0.2, 0.25) is 0 Å². The molecule has 7 heteroatoms. The predicted molar refractivity (Wildman–Crippen MR) is 49.5 cm³/mol. The fourth-order valence-corrected chi connectivity index (χ4v) is 1.28. The number of hydrogen-bond donors (Lipinski definition) is 0. The fourth-order valence-electron chi connectivity index (χ4n) is 1.28. The molecule has 0 saturated carbocycles. The van der Waals surface area contributed by atoms with E-state index in [2.05, 4.69) is 14.7 Å². The summed E-state index contributed by atoms with van der Waals surface area (Å²) < 4.78 is 40.5. The highest BCUT2D eigenvalue weighted by atomic mass is 19.4. The molecule has 0 unspecified atom stereocenters. The highest BCUT2D eigenvalue weighted by molar-refractivity contribution is 6.00. The molecule has 1 aromatic heterocycles. The van der Waals surface area contributed by atoms with Gasteiger partial charge in [-0.15, -0.1) is 0 Å². The van der Waals surface area contributed by atoms with Crippen LogP contribution in [0.25, 0.3) is 0 Å². The van der Waals surface area contributed by atoms with Crippen LogP contribution in [-0.2, 0) is 17.4 Å². The van der Waals surface area contributed by atoms with Crippen molar-refractivity contribution in [3.8, 4) is 0 Å². The molecule has 1 radical (unpaired) electrons. The number of ketones is 1. The minimum absolute atomic E-state index is 0.0235. The van der Waals surface area contributed by atoms with Gasteiger partial charge < -0.3 is 4.52 Å². The van der Waals surface area contributed by atoms with Crippen LogP contribution in [0.3, 0.4) is 0 Å². The lowest BCUT2D eigenvalue weighted by molar-refractivity contribution is -0.159. The van der Waals surface area contributed by atoms with E-state index in [9.17, 15) is 18.0 Å². The zero-order valence-corrected chi connectivity index (χ0v) is 8.36. The Morgan fingerprint density at radius 3 is 2.71 bits per heavy atom. The molecule has 0 atom stereocenters. The van der Waals surface area contributed by atoms with Crippen LogP contribution in [0.2, 0.25) is 0 Å². The van der Waals surface area contributed by atoms with Crippen LogP contribution in [-0.4, -0.2) is 15.9 Å². The zero-order valence-electron chi connectivity index (χ0n) is 8.36. The van der Waals surface area contributed by atoms with E-state index in [1.165, 1.54) is 18.6 Å². The van der Waals surface area contributed by atoms with Crippen molar-refractivity contribution in [3.63, 3.8) is 0 Å². The molecule has 0 spiro atoms. The van der Waals surface area contributed by atoms with E-state index >= 15 is 0 Å². The number of alkyl halides is 3. The average molecular weight is 243 g/mol. The molecular weight excluding hydrogens is 237 g/mol. The summed E-state index contributed by atoms with van der Waals surface area (Å²) in [6, 6.07) is 0. The first-order valence-corrected chi connectivity index (χ1v) is 4.61. The van der Waals surface area contributed by atoms with Crippen molar-refractivity contribution in [1.29, 1.82) is 0 Å². The van der Waals surface area contributed by atoms with Crippen LogP contribution in [0.1, 0.15) is 11.7 Å². The van der Waals surface area contributed by atoms with E-state index in [0.717, 1.165) is 0 Å². The van der Waals surface area contributed by atoms with Gasteiger partial charge in [0.15, 0.2) is 11.6 Å². The minimum Gasteiger partial charge on any atom is -0.329 e. The Morgan fingerprint density at radius 2 is 2.12 bits per heavy atom. The van der Waals surface area contributed by atoms with Gasteiger partial charge in [0.1, 0.15) is 0 Å². The maximum atomic E-state index is 12.2. The summed E-state index contributed by atoms with van der Waals surface area (Å²) in [6.45, 7) is 0. The molecule has 89 valence electrons. The monoisotopic (exact) mass is 243 g/mol. The summed E-state index contributed by atoms with van der Waals surface area (Å²) in [7, 11) is 0. The van der Waals surface area contributed by atoms with Crippen molar-refractivity contribution in [1.82, 2.24) is 10.1 Å². The third-order valence-electron chi connectivity index (χ3n) is 1.97. The topological polar surface area (TPSA) is 56.0 Å². The second kappa shape index (κ2) is 4.15. The molecule has 0 fully saturated rings. The Bertz CT molecular complexity index is 500. The molecular formula is C10H6F3N2O2. The fraction of sp³-hybridized carbons (Fsp3) is 0.200. The summed E-state index contributed by atoms with van der Waals surface area (Å²) in [4.78, 5) is 14.2. The summed E-state index contributed by atoms with van der Waals surface area (Å²) in [5, 5.41) is 3.20. The zero-order chi connectivity index (χ0) is 12.5. The van der Waals surface area contributed by atoms with Gasteiger partial charge in [-0.25, -0.2) is 0 Å². The maximum Gasteiger partial charge on any atom is 0.471 e. The van der Waals surface area contributed by atoms with Gasteiger partial charge in [-0.3, -0.25) is 4.79 Å². The molecule has 0 aliphatic heterocycles. The molecule has 0 aromatic carbocycles.